The molecule has 21 heavy (non-hydrogen) atoms. The minimum Gasteiger partial charge on any atom is -0.480 e. The summed E-state index contributed by atoms with van der Waals surface area (Å²) in [6.45, 7) is 2.89. The molecular formula is C15H20N2O3S. The van der Waals surface area contributed by atoms with E-state index < -0.39 is 12.0 Å². The van der Waals surface area contributed by atoms with Crippen LogP contribution in [-0.2, 0) is 17.8 Å². The van der Waals surface area contributed by atoms with Gasteiger partial charge in [-0.2, -0.15) is 11.8 Å². The number of carboxylic acids is 1. The molecule has 6 heteroatoms. The van der Waals surface area contributed by atoms with E-state index in [2.05, 4.69) is 5.32 Å². The Morgan fingerprint density at radius 2 is 2.10 bits per heavy atom. The predicted octanol–water partition coefficient (Wildman–Crippen LogP) is 1.96. The van der Waals surface area contributed by atoms with Gasteiger partial charge in [0.2, 0.25) is 0 Å². The first kappa shape index (κ1) is 15.7. The summed E-state index contributed by atoms with van der Waals surface area (Å²) in [4.78, 5) is 25.1. The zero-order valence-electron chi connectivity index (χ0n) is 12.2. The molecule has 1 aliphatic rings. The number of amides is 2. The van der Waals surface area contributed by atoms with Crippen LogP contribution in [0.25, 0.3) is 0 Å². The van der Waals surface area contributed by atoms with Crippen molar-refractivity contribution in [3.63, 3.8) is 0 Å². The Morgan fingerprint density at radius 3 is 2.71 bits per heavy atom. The van der Waals surface area contributed by atoms with Gasteiger partial charge in [-0.1, -0.05) is 31.2 Å². The third kappa shape index (κ3) is 3.69. The van der Waals surface area contributed by atoms with Gasteiger partial charge >= 0.3 is 12.0 Å². The lowest BCUT2D eigenvalue weighted by Crippen LogP contribution is -2.52. The van der Waals surface area contributed by atoms with Crippen molar-refractivity contribution in [3.05, 3.63) is 35.4 Å². The van der Waals surface area contributed by atoms with Crippen molar-refractivity contribution in [3.8, 4) is 0 Å². The molecule has 0 spiro atoms. The highest BCUT2D eigenvalue weighted by molar-refractivity contribution is 7.99. The van der Waals surface area contributed by atoms with E-state index in [1.165, 1.54) is 4.90 Å². The van der Waals surface area contributed by atoms with Gasteiger partial charge in [0.15, 0.2) is 0 Å². The largest absolute Gasteiger partial charge is 0.480 e. The number of benzene rings is 1. The molecule has 1 aliphatic heterocycles. The number of carbonyl (C=O) groups is 2. The van der Waals surface area contributed by atoms with Gasteiger partial charge in [0.25, 0.3) is 0 Å². The molecule has 2 rings (SSSR count). The van der Waals surface area contributed by atoms with E-state index in [9.17, 15) is 14.7 Å². The van der Waals surface area contributed by atoms with Gasteiger partial charge < -0.3 is 15.3 Å². The van der Waals surface area contributed by atoms with E-state index in [4.69, 9.17) is 0 Å². The number of carbonyl (C=O) groups excluding carboxylic acids is 1. The molecule has 1 unspecified atom stereocenters. The van der Waals surface area contributed by atoms with Gasteiger partial charge in [-0.15, -0.1) is 0 Å². The van der Waals surface area contributed by atoms with Gasteiger partial charge in [0.1, 0.15) is 6.04 Å². The summed E-state index contributed by atoms with van der Waals surface area (Å²) in [7, 11) is 0. The lowest BCUT2D eigenvalue weighted by molar-refractivity contribution is -0.142. The lowest BCUT2D eigenvalue weighted by Gasteiger charge is -2.34. The van der Waals surface area contributed by atoms with Crippen LogP contribution >= 0.6 is 11.8 Å². The molecule has 5 nitrogen and oxygen atoms in total. The average molecular weight is 308 g/mol. The Bertz CT molecular complexity index is 535. The van der Waals surface area contributed by atoms with Gasteiger partial charge in [-0.3, -0.25) is 0 Å². The summed E-state index contributed by atoms with van der Waals surface area (Å²) < 4.78 is 0. The standard InChI is InChI=1S/C15H20N2O3S/c1-10(21-2)8-16-15(20)17-9-12-6-4-3-5-11(12)7-13(17)14(18)19/h3-6,10,13H,7-9H2,1-2H3,(H,16,20)(H,18,19)/t10?,13-/m1/s1. The number of carboxylic acid groups (broad SMARTS) is 1. The number of rotatable bonds is 4. The van der Waals surface area contributed by atoms with Crippen LogP contribution in [0.15, 0.2) is 24.3 Å². The molecule has 0 radical (unpaired) electrons. The van der Waals surface area contributed by atoms with E-state index in [1.54, 1.807) is 11.8 Å². The second kappa shape index (κ2) is 6.85. The van der Waals surface area contributed by atoms with Crippen LogP contribution in [0.3, 0.4) is 0 Å². The molecule has 1 aromatic carbocycles. The third-order valence-corrected chi connectivity index (χ3v) is 4.71. The fraction of sp³-hybridized carbons (Fsp3) is 0.467. The Morgan fingerprint density at radius 1 is 1.43 bits per heavy atom. The van der Waals surface area contributed by atoms with Crippen molar-refractivity contribution in [2.75, 3.05) is 12.8 Å². The van der Waals surface area contributed by atoms with Crippen molar-refractivity contribution in [1.29, 1.82) is 0 Å². The SMILES string of the molecule is CSC(C)CNC(=O)N1Cc2ccccc2C[C@@H]1C(=O)O. The van der Waals surface area contributed by atoms with Gasteiger partial charge in [0, 0.05) is 24.8 Å². The molecule has 1 aromatic rings. The number of aliphatic carboxylic acids is 1. The average Bonchev–Trinajstić information content (AvgIpc) is 2.50. The fourth-order valence-corrected chi connectivity index (χ4v) is 2.62. The summed E-state index contributed by atoms with van der Waals surface area (Å²) in [5, 5.41) is 12.5. The molecule has 2 N–H and O–H groups in total. The van der Waals surface area contributed by atoms with Crippen LogP contribution < -0.4 is 5.32 Å². The van der Waals surface area contributed by atoms with Crippen LogP contribution in [0.4, 0.5) is 4.79 Å². The third-order valence-electron chi connectivity index (χ3n) is 3.74. The number of hydrogen-bond acceptors (Lipinski definition) is 3. The zero-order chi connectivity index (χ0) is 15.4. The van der Waals surface area contributed by atoms with Gasteiger partial charge in [0.05, 0.1) is 0 Å². The number of fused-ring (bicyclic) bond motifs is 1. The highest BCUT2D eigenvalue weighted by Crippen LogP contribution is 2.23. The summed E-state index contributed by atoms with van der Waals surface area (Å²) in [6.07, 6.45) is 2.34. The first-order chi connectivity index (χ1) is 10.0. The topological polar surface area (TPSA) is 69.6 Å². The number of nitrogens with zero attached hydrogens (tertiary/aromatic N) is 1. The molecule has 2 atom stereocenters. The molecule has 0 saturated heterocycles. The Kier molecular flexibility index (Phi) is 5.12. The first-order valence-corrected chi connectivity index (χ1v) is 8.18. The normalized spacial score (nSPS) is 18.8. The predicted molar refractivity (Wildman–Crippen MR) is 83.5 cm³/mol. The molecule has 114 valence electrons. The summed E-state index contributed by atoms with van der Waals surface area (Å²) >= 11 is 1.66. The molecule has 0 fully saturated rings. The summed E-state index contributed by atoms with van der Waals surface area (Å²) in [5.41, 5.74) is 2.02. The maximum Gasteiger partial charge on any atom is 0.326 e. The zero-order valence-corrected chi connectivity index (χ0v) is 13.0. The molecule has 0 saturated carbocycles. The quantitative estimate of drug-likeness (QED) is 0.892. The lowest BCUT2D eigenvalue weighted by atomic mass is 9.94. The van der Waals surface area contributed by atoms with Crippen LogP contribution in [0, 0.1) is 0 Å². The highest BCUT2D eigenvalue weighted by Gasteiger charge is 2.34. The summed E-state index contributed by atoms with van der Waals surface area (Å²) in [5.74, 6) is -0.961. The first-order valence-electron chi connectivity index (χ1n) is 6.89. The maximum absolute atomic E-state index is 12.3. The maximum atomic E-state index is 12.3. The van der Waals surface area contributed by atoms with E-state index in [0.717, 1.165) is 11.1 Å². The number of thioether (sulfide) groups is 1. The van der Waals surface area contributed by atoms with Crippen molar-refractivity contribution < 1.29 is 14.7 Å². The van der Waals surface area contributed by atoms with Crippen molar-refractivity contribution in [1.82, 2.24) is 10.2 Å². The number of nitrogens with one attached hydrogen (secondary N) is 1. The highest BCUT2D eigenvalue weighted by atomic mass is 32.2. The van der Waals surface area contributed by atoms with Crippen LogP contribution in [-0.4, -0.2) is 46.1 Å². The monoisotopic (exact) mass is 308 g/mol. The van der Waals surface area contributed by atoms with Crippen molar-refractivity contribution in [2.24, 2.45) is 0 Å². The van der Waals surface area contributed by atoms with Crippen molar-refractivity contribution in [2.45, 2.75) is 31.2 Å². The minimum atomic E-state index is -0.961. The minimum absolute atomic E-state index is 0.300. The van der Waals surface area contributed by atoms with E-state index in [-0.39, 0.29) is 6.03 Å². The molecule has 1 heterocycles. The number of hydrogen-bond donors (Lipinski definition) is 2. The Labute approximate surface area is 128 Å². The number of urea groups is 1. The second-order valence-electron chi connectivity index (χ2n) is 5.19. The molecule has 0 aliphatic carbocycles. The summed E-state index contributed by atoms with van der Waals surface area (Å²) in [6, 6.07) is 6.57. The molecule has 2 amide bonds. The molecule has 0 aromatic heterocycles. The van der Waals surface area contributed by atoms with Crippen molar-refractivity contribution >= 4 is 23.8 Å². The Hall–Kier alpha value is -1.69. The molecule has 0 bridgehead atoms. The molecular weight excluding hydrogens is 288 g/mol. The van der Waals surface area contributed by atoms with Crippen LogP contribution in [0.5, 0.6) is 0 Å². The Balaban J connectivity index is 2.13. The van der Waals surface area contributed by atoms with Gasteiger partial charge in [-0.25, -0.2) is 9.59 Å². The second-order valence-corrected chi connectivity index (χ2v) is 6.46. The van der Waals surface area contributed by atoms with Crippen LogP contribution in [0.1, 0.15) is 18.1 Å². The van der Waals surface area contributed by atoms with Crippen LogP contribution in [0.2, 0.25) is 0 Å². The smallest absolute Gasteiger partial charge is 0.326 e. The fourth-order valence-electron chi connectivity index (χ4n) is 2.37. The van der Waals surface area contributed by atoms with Gasteiger partial charge in [-0.05, 0) is 17.4 Å². The van der Waals surface area contributed by atoms with E-state index >= 15 is 0 Å². The van der Waals surface area contributed by atoms with E-state index in [0.29, 0.717) is 24.8 Å². The van der Waals surface area contributed by atoms with E-state index in [1.807, 2.05) is 37.4 Å².